The van der Waals surface area contributed by atoms with E-state index in [1.54, 1.807) is 72.8 Å². The number of non-ortho nitro benzene ring substituents is 1. The van der Waals surface area contributed by atoms with Gasteiger partial charge in [-0.15, -0.1) is 0 Å². The fourth-order valence-corrected chi connectivity index (χ4v) is 4.40. The summed E-state index contributed by atoms with van der Waals surface area (Å²) >= 11 is 0. The molecule has 0 aromatic heterocycles. The van der Waals surface area contributed by atoms with Crippen LogP contribution in [0.15, 0.2) is 84.9 Å². The van der Waals surface area contributed by atoms with Gasteiger partial charge in [-0.3, -0.25) is 24.0 Å². The number of esters is 1. The molecule has 3 aromatic rings. The number of nitro groups is 1. The SMILES string of the molecule is NCCCC[C@H](N)C(=O)OCc1ccc([N+](=O)[O-])cc1.O=S(=O)(O)Cc1ccccc1.O=S(=O)(O)Cc1ccccc1. The maximum Gasteiger partial charge on any atom is 0.323 e. The molecule has 0 aliphatic rings. The van der Waals surface area contributed by atoms with Crippen molar-refractivity contribution in [3.63, 3.8) is 0 Å². The van der Waals surface area contributed by atoms with Gasteiger partial charge in [0.1, 0.15) is 24.2 Å². The molecule has 6 N–H and O–H groups in total. The third kappa shape index (κ3) is 17.9. The maximum absolute atomic E-state index is 11.6. The molecule has 0 heterocycles. The zero-order chi connectivity index (χ0) is 31.6. The Morgan fingerprint density at radius 3 is 1.62 bits per heavy atom. The van der Waals surface area contributed by atoms with Gasteiger partial charge < -0.3 is 16.2 Å². The molecule has 0 spiro atoms. The van der Waals surface area contributed by atoms with Crippen LogP contribution in [0.3, 0.4) is 0 Å². The Bertz CT molecular complexity index is 1370. The van der Waals surface area contributed by atoms with E-state index in [1.165, 1.54) is 12.1 Å². The summed E-state index contributed by atoms with van der Waals surface area (Å²) in [5.74, 6) is -1.10. The van der Waals surface area contributed by atoms with Crippen LogP contribution < -0.4 is 11.5 Å². The number of rotatable bonds is 12. The van der Waals surface area contributed by atoms with Crippen LogP contribution in [-0.2, 0) is 47.9 Å². The van der Waals surface area contributed by atoms with Crippen LogP contribution in [0.5, 0.6) is 0 Å². The van der Waals surface area contributed by atoms with Gasteiger partial charge in [0.2, 0.25) is 0 Å². The van der Waals surface area contributed by atoms with Crippen LogP contribution in [0.1, 0.15) is 36.0 Å². The van der Waals surface area contributed by atoms with Crippen molar-refractivity contribution in [1.29, 1.82) is 0 Å². The van der Waals surface area contributed by atoms with Gasteiger partial charge in [0.15, 0.2) is 0 Å². The van der Waals surface area contributed by atoms with Crippen molar-refractivity contribution < 1.29 is 40.4 Å². The third-order valence-corrected chi connectivity index (χ3v) is 6.58. The van der Waals surface area contributed by atoms with E-state index >= 15 is 0 Å². The standard InChI is InChI=1S/C13H19N3O4.2C7H8O3S/c14-8-2-1-3-12(15)13(17)20-9-10-4-6-11(7-5-10)16(18)19;2*8-11(9,10)6-7-4-2-1-3-5-7/h4-7,12H,1-3,8-9,14-15H2;2*1-5H,6H2,(H,8,9,10)/t12-;;/m0../s1. The van der Waals surface area contributed by atoms with Crippen molar-refractivity contribution in [1.82, 2.24) is 0 Å². The molecule has 3 aromatic carbocycles. The number of carbonyl (C=O) groups is 1. The van der Waals surface area contributed by atoms with Crippen LogP contribution in [0.25, 0.3) is 0 Å². The molecule has 0 saturated carbocycles. The van der Waals surface area contributed by atoms with E-state index in [0.717, 1.165) is 12.8 Å². The van der Waals surface area contributed by atoms with Crippen LogP contribution >= 0.6 is 0 Å². The number of unbranched alkanes of at least 4 members (excludes halogenated alkanes) is 1. The number of nitrogens with two attached hydrogens (primary N) is 2. The van der Waals surface area contributed by atoms with Gasteiger partial charge in [0.05, 0.1) is 4.92 Å². The maximum atomic E-state index is 11.6. The summed E-state index contributed by atoms with van der Waals surface area (Å²) in [5, 5.41) is 10.5. The van der Waals surface area contributed by atoms with E-state index in [4.69, 9.17) is 25.3 Å². The topological polar surface area (TPSA) is 230 Å². The Labute approximate surface area is 245 Å². The number of benzene rings is 3. The largest absolute Gasteiger partial charge is 0.460 e. The minimum absolute atomic E-state index is 0.00133. The Balaban J connectivity index is 0.000000340. The lowest BCUT2D eigenvalue weighted by atomic mass is 10.1. The van der Waals surface area contributed by atoms with Gasteiger partial charge in [-0.25, -0.2) is 0 Å². The first kappa shape index (κ1) is 36.3. The molecule has 15 heteroatoms. The first-order valence-corrected chi connectivity index (χ1v) is 15.8. The van der Waals surface area contributed by atoms with Crippen molar-refractivity contribution in [3.8, 4) is 0 Å². The number of nitrogens with zero attached hydrogens (tertiary/aromatic N) is 1. The van der Waals surface area contributed by atoms with Gasteiger partial charge in [-0.05, 0) is 48.2 Å². The van der Waals surface area contributed by atoms with E-state index in [1.807, 2.05) is 0 Å². The normalized spacial score (nSPS) is 11.6. The van der Waals surface area contributed by atoms with E-state index in [-0.39, 0.29) is 23.8 Å². The molecule has 13 nitrogen and oxygen atoms in total. The number of hydrogen-bond donors (Lipinski definition) is 4. The zero-order valence-electron chi connectivity index (χ0n) is 22.7. The smallest absolute Gasteiger partial charge is 0.323 e. The number of carbonyl (C=O) groups excluding carboxylic acids is 1. The van der Waals surface area contributed by atoms with Crippen LogP contribution in [-0.4, -0.2) is 49.4 Å². The summed E-state index contributed by atoms with van der Waals surface area (Å²) in [7, 11) is -7.75. The molecule has 42 heavy (non-hydrogen) atoms. The Hall–Kier alpha value is -3.73. The lowest BCUT2D eigenvalue weighted by Crippen LogP contribution is -2.32. The Kier molecular flexibility index (Phi) is 16.1. The average Bonchev–Trinajstić information content (AvgIpc) is 2.92. The summed E-state index contributed by atoms with van der Waals surface area (Å²) in [6, 6.07) is 22.2. The number of ether oxygens (including phenoxy) is 1. The van der Waals surface area contributed by atoms with Crippen molar-refractivity contribution in [2.45, 2.75) is 43.4 Å². The second-order valence-corrected chi connectivity index (χ2v) is 11.8. The molecule has 3 rings (SSSR count). The Morgan fingerprint density at radius 1 is 0.786 bits per heavy atom. The molecule has 0 unspecified atom stereocenters. The fourth-order valence-electron chi connectivity index (χ4n) is 3.17. The number of hydrogen-bond acceptors (Lipinski definition) is 10. The average molecular weight is 626 g/mol. The molecule has 0 aliphatic carbocycles. The minimum Gasteiger partial charge on any atom is -0.460 e. The molecule has 1 atom stereocenters. The van der Waals surface area contributed by atoms with Crippen molar-refractivity contribution in [2.24, 2.45) is 11.5 Å². The van der Waals surface area contributed by atoms with E-state index in [0.29, 0.717) is 29.7 Å². The van der Waals surface area contributed by atoms with Crippen LogP contribution in [0, 0.1) is 10.1 Å². The first-order chi connectivity index (χ1) is 19.7. The summed E-state index contributed by atoms with van der Waals surface area (Å²) in [5.41, 5.74) is 12.9. The molecular formula is C27H35N3O10S2. The molecule has 0 amide bonds. The second kappa shape index (κ2) is 18.7. The minimum atomic E-state index is -3.88. The summed E-state index contributed by atoms with van der Waals surface area (Å²) < 4.78 is 63.4. The highest BCUT2D eigenvalue weighted by atomic mass is 32.2. The first-order valence-electron chi connectivity index (χ1n) is 12.5. The van der Waals surface area contributed by atoms with Crippen LogP contribution in [0.4, 0.5) is 5.69 Å². The number of nitro benzene ring substituents is 1. The highest BCUT2D eigenvalue weighted by Crippen LogP contribution is 2.13. The fraction of sp³-hybridized carbons (Fsp3) is 0.296. The van der Waals surface area contributed by atoms with E-state index < -0.39 is 37.2 Å². The highest BCUT2D eigenvalue weighted by molar-refractivity contribution is 7.85. The molecule has 230 valence electrons. The molecule has 0 aliphatic heterocycles. The second-order valence-electron chi connectivity index (χ2n) is 8.85. The quantitative estimate of drug-likeness (QED) is 0.0747. The molecule has 0 radical (unpaired) electrons. The van der Waals surface area contributed by atoms with Crippen LogP contribution in [0.2, 0.25) is 0 Å². The summed E-state index contributed by atoms with van der Waals surface area (Å²) in [6.45, 7) is 0.631. The van der Waals surface area contributed by atoms with Gasteiger partial charge in [0.25, 0.3) is 25.9 Å². The summed E-state index contributed by atoms with van der Waals surface area (Å²) in [4.78, 5) is 21.6. The van der Waals surface area contributed by atoms with Gasteiger partial charge >= 0.3 is 5.97 Å². The Morgan fingerprint density at radius 2 is 1.24 bits per heavy atom. The zero-order valence-corrected chi connectivity index (χ0v) is 24.3. The van der Waals surface area contributed by atoms with Gasteiger partial charge in [-0.1, -0.05) is 67.1 Å². The third-order valence-electron chi connectivity index (χ3n) is 5.18. The van der Waals surface area contributed by atoms with Crippen molar-refractivity contribution in [3.05, 3.63) is 112 Å². The molecule has 0 bridgehead atoms. The molecule has 0 fully saturated rings. The van der Waals surface area contributed by atoms with Gasteiger partial charge in [0, 0.05) is 12.1 Å². The van der Waals surface area contributed by atoms with Crippen molar-refractivity contribution >= 4 is 31.9 Å². The monoisotopic (exact) mass is 625 g/mol. The lowest BCUT2D eigenvalue weighted by molar-refractivity contribution is -0.384. The van der Waals surface area contributed by atoms with E-state index in [2.05, 4.69) is 0 Å². The predicted octanol–water partition coefficient (Wildman–Crippen LogP) is 3.24. The summed E-state index contributed by atoms with van der Waals surface area (Å²) in [6.07, 6.45) is 2.14. The highest BCUT2D eigenvalue weighted by Gasteiger charge is 2.15. The van der Waals surface area contributed by atoms with E-state index in [9.17, 15) is 31.7 Å². The van der Waals surface area contributed by atoms with Crippen molar-refractivity contribution in [2.75, 3.05) is 6.54 Å². The molecular weight excluding hydrogens is 590 g/mol. The molecule has 0 saturated heterocycles. The van der Waals surface area contributed by atoms with Gasteiger partial charge in [-0.2, -0.15) is 16.8 Å². The lowest BCUT2D eigenvalue weighted by Gasteiger charge is -2.11. The predicted molar refractivity (Wildman–Crippen MR) is 157 cm³/mol.